The zero-order valence-electron chi connectivity index (χ0n) is 7.58. The SMILES string of the molecule is Cc1nc(NN)c2c(F)cccc2n1. The van der Waals surface area contributed by atoms with Crippen molar-refractivity contribution in [3.63, 3.8) is 0 Å². The van der Waals surface area contributed by atoms with Gasteiger partial charge in [0.2, 0.25) is 0 Å². The fraction of sp³-hybridized carbons (Fsp3) is 0.111. The summed E-state index contributed by atoms with van der Waals surface area (Å²) >= 11 is 0. The van der Waals surface area contributed by atoms with E-state index in [0.717, 1.165) is 0 Å². The summed E-state index contributed by atoms with van der Waals surface area (Å²) < 4.78 is 13.4. The molecule has 1 aromatic carbocycles. The molecular weight excluding hydrogens is 183 g/mol. The van der Waals surface area contributed by atoms with E-state index in [2.05, 4.69) is 15.4 Å². The number of halogens is 1. The number of aromatic nitrogens is 2. The number of benzene rings is 1. The van der Waals surface area contributed by atoms with E-state index in [4.69, 9.17) is 5.84 Å². The summed E-state index contributed by atoms with van der Waals surface area (Å²) in [5.41, 5.74) is 2.91. The maximum atomic E-state index is 13.4. The number of nitrogens with zero attached hydrogens (tertiary/aromatic N) is 2. The van der Waals surface area contributed by atoms with E-state index < -0.39 is 0 Å². The van der Waals surface area contributed by atoms with E-state index in [1.165, 1.54) is 6.07 Å². The zero-order chi connectivity index (χ0) is 10.1. The first kappa shape index (κ1) is 8.83. The van der Waals surface area contributed by atoms with E-state index in [1.54, 1.807) is 19.1 Å². The van der Waals surface area contributed by atoms with Gasteiger partial charge < -0.3 is 5.43 Å². The molecule has 1 heterocycles. The van der Waals surface area contributed by atoms with Gasteiger partial charge in [-0.2, -0.15) is 0 Å². The summed E-state index contributed by atoms with van der Waals surface area (Å²) in [6.45, 7) is 1.73. The van der Waals surface area contributed by atoms with Gasteiger partial charge in [0.15, 0.2) is 5.82 Å². The van der Waals surface area contributed by atoms with Crippen molar-refractivity contribution in [2.75, 3.05) is 5.43 Å². The number of hydrazine groups is 1. The number of nitrogens with one attached hydrogen (secondary N) is 1. The largest absolute Gasteiger partial charge is 0.308 e. The van der Waals surface area contributed by atoms with Gasteiger partial charge in [0.25, 0.3) is 0 Å². The number of nitrogens with two attached hydrogens (primary N) is 1. The third-order valence-corrected chi connectivity index (χ3v) is 1.92. The van der Waals surface area contributed by atoms with Crippen molar-refractivity contribution in [2.45, 2.75) is 6.92 Å². The predicted octanol–water partition coefficient (Wildman–Crippen LogP) is 1.36. The fourth-order valence-electron chi connectivity index (χ4n) is 1.36. The summed E-state index contributed by atoms with van der Waals surface area (Å²) in [4.78, 5) is 8.09. The van der Waals surface area contributed by atoms with Gasteiger partial charge in [0, 0.05) is 0 Å². The lowest BCUT2D eigenvalue weighted by atomic mass is 10.2. The van der Waals surface area contributed by atoms with Gasteiger partial charge in [0.05, 0.1) is 10.9 Å². The van der Waals surface area contributed by atoms with Crippen molar-refractivity contribution < 1.29 is 4.39 Å². The number of rotatable bonds is 1. The minimum atomic E-state index is -0.379. The Bertz CT molecular complexity index is 483. The Balaban J connectivity index is 2.88. The molecule has 14 heavy (non-hydrogen) atoms. The third-order valence-electron chi connectivity index (χ3n) is 1.92. The van der Waals surface area contributed by atoms with Crippen LogP contribution in [0, 0.1) is 12.7 Å². The van der Waals surface area contributed by atoms with Crippen LogP contribution in [-0.4, -0.2) is 9.97 Å². The van der Waals surface area contributed by atoms with Gasteiger partial charge in [-0.1, -0.05) is 6.07 Å². The Morgan fingerprint density at radius 3 is 2.86 bits per heavy atom. The molecule has 2 rings (SSSR count). The maximum Gasteiger partial charge on any atom is 0.154 e. The summed E-state index contributed by atoms with van der Waals surface area (Å²) in [5.74, 6) is 5.73. The molecule has 0 atom stereocenters. The van der Waals surface area contributed by atoms with Gasteiger partial charge in [-0.3, -0.25) is 0 Å². The average molecular weight is 192 g/mol. The first-order valence-electron chi connectivity index (χ1n) is 4.12. The second kappa shape index (κ2) is 3.19. The third kappa shape index (κ3) is 1.27. The molecule has 1 aromatic heterocycles. The molecule has 0 aliphatic heterocycles. The molecule has 0 aliphatic rings. The number of anilines is 1. The molecule has 0 saturated carbocycles. The van der Waals surface area contributed by atoms with Crippen LogP contribution in [0.1, 0.15) is 5.82 Å². The summed E-state index contributed by atoms with van der Waals surface area (Å²) in [6.07, 6.45) is 0. The van der Waals surface area contributed by atoms with E-state index in [9.17, 15) is 4.39 Å². The molecule has 4 nitrogen and oxygen atoms in total. The van der Waals surface area contributed by atoms with Crippen LogP contribution >= 0.6 is 0 Å². The first-order chi connectivity index (χ1) is 6.72. The van der Waals surface area contributed by atoms with Gasteiger partial charge in [0.1, 0.15) is 11.6 Å². The molecule has 0 aliphatic carbocycles. The predicted molar refractivity (Wildman–Crippen MR) is 52.0 cm³/mol. The standard InChI is InChI=1S/C9H9FN4/c1-5-12-7-4-2-3-6(10)8(7)9(13-5)14-11/h2-4H,11H2,1H3,(H,12,13,14). The van der Waals surface area contributed by atoms with Crippen LogP contribution < -0.4 is 11.3 Å². The molecule has 0 fully saturated rings. The highest BCUT2D eigenvalue weighted by Crippen LogP contribution is 2.22. The van der Waals surface area contributed by atoms with Crippen molar-refractivity contribution in [3.05, 3.63) is 29.8 Å². The number of hydrogen-bond donors (Lipinski definition) is 2. The van der Waals surface area contributed by atoms with Crippen LogP contribution in [0.4, 0.5) is 10.2 Å². The highest BCUT2D eigenvalue weighted by Gasteiger charge is 2.08. The van der Waals surface area contributed by atoms with Gasteiger partial charge in [-0.05, 0) is 19.1 Å². The molecule has 0 saturated heterocycles. The Hall–Kier alpha value is -1.75. The molecule has 0 bridgehead atoms. The first-order valence-corrected chi connectivity index (χ1v) is 4.12. The lowest BCUT2D eigenvalue weighted by molar-refractivity contribution is 0.639. The van der Waals surface area contributed by atoms with Crippen molar-refractivity contribution in [1.29, 1.82) is 0 Å². The second-order valence-corrected chi connectivity index (χ2v) is 2.90. The van der Waals surface area contributed by atoms with E-state index in [0.29, 0.717) is 22.5 Å². The Morgan fingerprint density at radius 1 is 1.36 bits per heavy atom. The average Bonchev–Trinajstić information content (AvgIpc) is 2.16. The Labute approximate surface area is 79.9 Å². The molecule has 2 aromatic rings. The molecule has 0 radical (unpaired) electrons. The molecule has 72 valence electrons. The summed E-state index contributed by atoms with van der Waals surface area (Å²) in [5, 5.41) is 0.320. The molecule has 3 N–H and O–H groups in total. The van der Waals surface area contributed by atoms with Crippen LogP contribution in [0.15, 0.2) is 18.2 Å². The van der Waals surface area contributed by atoms with Crippen molar-refractivity contribution >= 4 is 16.7 Å². The molecule has 5 heteroatoms. The van der Waals surface area contributed by atoms with Crippen molar-refractivity contribution in [1.82, 2.24) is 9.97 Å². The quantitative estimate of drug-likeness (QED) is 0.529. The van der Waals surface area contributed by atoms with Gasteiger partial charge >= 0.3 is 0 Å². The summed E-state index contributed by atoms with van der Waals surface area (Å²) in [7, 11) is 0. The topological polar surface area (TPSA) is 63.8 Å². The van der Waals surface area contributed by atoms with Crippen LogP contribution in [0.5, 0.6) is 0 Å². The van der Waals surface area contributed by atoms with Crippen molar-refractivity contribution in [3.8, 4) is 0 Å². The molecular formula is C9H9FN4. The van der Waals surface area contributed by atoms with E-state index >= 15 is 0 Å². The Kier molecular flexibility index (Phi) is 2.01. The fourth-order valence-corrected chi connectivity index (χ4v) is 1.36. The number of hydrogen-bond acceptors (Lipinski definition) is 4. The molecule has 0 spiro atoms. The lowest BCUT2D eigenvalue weighted by Crippen LogP contribution is -2.11. The molecule has 0 unspecified atom stereocenters. The van der Waals surface area contributed by atoms with E-state index in [-0.39, 0.29) is 5.82 Å². The zero-order valence-corrected chi connectivity index (χ0v) is 7.58. The number of fused-ring (bicyclic) bond motifs is 1. The Morgan fingerprint density at radius 2 is 2.14 bits per heavy atom. The van der Waals surface area contributed by atoms with Gasteiger partial charge in [-0.15, -0.1) is 0 Å². The lowest BCUT2D eigenvalue weighted by Gasteiger charge is -2.05. The monoisotopic (exact) mass is 192 g/mol. The number of nitrogen functional groups attached to an aromatic ring is 1. The van der Waals surface area contributed by atoms with Crippen molar-refractivity contribution in [2.24, 2.45) is 5.84 Å². The van der Waals surface area contributed by atoms with Gasteiger partial charge in [-0.25, -0.2) is 20.2 Å². The molecule has 0 amide bonds. The minimum absolute atomic E-state index is 0.311. The highest BCUT2D eigenvalue weighted by atomic mass is 19.1. The second-order valence-electron chi connectivity index (χ2n) is 2.90. The smallest absolute Gasteiger partial charge is 0.154 e. The van der Waals surface area contributed by atoms with Crippen LogP contribution in [0.3, 0.4) is 0 Å². The normalized spacial score (nSPS) is 10.5. The van der Waals surface area contributed by atoms with Crippen LogP contribution in [-0.2, 0) is 0 Å². The van der Waals surface area contributed by atoms with Crippen LogP contribution in [0.2, 0.25) is 0 Å². The minimum Gasteiger partial charge on any atom is -0.308 e. The van der Waals surface area contributed by atoms with E-state index in [1.807, 2.05) is 0 Å². The van der Waals surface area contributed by atoms with Crippen LogP contribution in [0.25, 0.3) is 10.9 Å². The number of aryl methyl sites for hydroxylation is 1. The summed E-state index contributed by atoms with van der Waals surface area (Å²) in [6, 6.07) is 4.67. The maximum absolute atomic E-state index is 13.4. The highest BCUT2D eigenvalue weighted by molar-refractivity contribution is 5.89.